The molecule has 0 aromatic carbocycles. The average Bonchev–Trinajstić information content (AvgIpc) is 2.65. The van der Waals surface area contributed by atoms with E-state index < -0.39 is 0 Å². The molecule has 1 atom stereocenters. The first kappa shape index (κ1) is 11.4. The van der Waals surface area contributed by atoms with Crippen molar-refractivity contribution in [2.75, 3.05) is 23.9 Å². The molecule has 0 aliphatic carbocycles. The van der Waals surface area contributed by atoms with Crippen molar-refractivity contribution in [1.29, 1.82) is 0 Å². The number of imidazole rings is 1. The molecule has 3 nitrogen and oxygen atoms in total. The highest BCUT2D eigenvalue weighted by Gasteiger charge is 2.07. The van der Waals surface area contributed by atoms with Crippen LogP contribution in [0.5, 0.6) is 0 Å². The molecule has 1 unspecified atom stereocenters. The molecule has 0 amide bonds. The Kier molecular flexibility index (Phi) is 4.87. The summed E-state index contributed by atoms with van der Waals surface area (Å²) in [5.41, 5.74) is 0. The molecular weight excluding hydrogens is 194 g/mol. The highest BCUT2D eigenvalue weighted by Crippen LogP contribution is 2.18. The fraction of sp³-hybridized carbons (Fsp3) is 0.700. The highest BCUT2D eigenvalue weighted by atomic mass is 32.2. The zero-order valence-corrected chi connectivity index (χ0v) is 9.97. The molecule has 0 saturated carbocycles. The smallest absolute Gasteiger partial charge is 0.202 e. The van der Waals surface area contributed by atoms with E-state index in [1.165, 1.54) is 17.9 Å². The molecule has 1 N–H and O–H groups in total. The van der Waals surface area contributed by atoms with Crippen molar-refractivity contribution in [2.24, 2.45) is 0 Å². The number of thioether (sulfide) groups is 1. The summed E-state index contributed by atoms with van der Waals surface area (Å²) in [6, 6.07) is 0.527. The van der Waals surface area contributed by atoms with E-state index in [1.54, 1.807) is 0 Å². The number of hydrogen-bond donors (Lipinski definition) is 1. The van der Waals surface area contributed by atoms with Crippen LogP contribution in [-0.2, 0) is 0 Å². The number of aromatic nitrogens is 2. The van der Waals surface area contributed by atoms with Gasteiger partial charge in [0.05, 0.1) is 0 Å². The second kappa shape index (κ2) is 5.96. The first-order valence-electron chi connectivity index (χ1n) is 5.08. The maximum atomic E-state index is 4.23. The minimum atomic E-state index is 0.527. The third-order valence-corrected chi connectivity index (χ3v) is 3.18. The standard InChI is InChI=1S/C10H19N3S/c1-4-14-8-5-9(2)13-7-6-12-10(13)11-3/h6-7,9H,4-5,8H2,1-3H3,(H,11,12). The fourth-order valence-electron chi connectivity index (χ4n) is 1.40. The summed E-state index contributed by atoms with van der Waals surface area (Å²) in [6.07, 6.45) is 5.08. The molecule has 0 fully saturated rings. The summed E-state index contributed by atoms with van der Waals surface area (Å²) < 4.78 is 2.19. The largest absolute Gasteiger partial charge is 0.359 e. The van der Waals surface area contributed by atoms with Crippen LogP contribution >= 0.6 is 11.8 Å². The summed E-state index contributed by atoms with van der Waals surface area (Å²) in [7, 11) is 1.91. The minimum Gasteiger partial charge on any atom is -0.359 e. The van der Waals surface area contributed by atoms with Crippen LogP contribution in [-0.4, -0.2) is 28.1 Å². The maximum absolute atomic E-state index is 4.23. The van der Waals surface area contributed by atoms with Crippen LogP contribution < -0.4 is 5.32 Å². The number of nitrogens with zero attached hydrogens (tertiary/aromatic N) is 2. The Morgan fingerprint density at radius 3 is 3.07 bits per heavy atom. The average molecular weight is 213 g/mol. The Balaban J connectivity index is 2.47. The lowest BCUT2D eigenvalue weighted by Gasteiger charge is -2.15. The van der Waals surface area contributed by atoms with Gasteiger partial charge in [-0.15, -0.1) is 0 Å². The molecule has 0 radical (unpaired) electrons. The summed E-state index contributed by atoms with van der Waals surface area (Å²) in [5.74, 6) is 3.38. The monoisotopic (exact) mass is 213 g/mol. The number of hydrogen-bond acceptors (Lipinski definition) is 3. The lowest BCUT2D eigenvalue weighted by atomic mass is 10.2. The lowest BCUT2D eigenvalue weighted by molar-refractivity contribution is 0.540. The molecule has 0 aliphatic heterocycles. The van der Waals surface area contributed by atoms with Crippen LogP contribution in [0.15, 0.2) is 12.4 Å². The summed E-state index contributed by atoms with van der Waals surface area (Å²) in [6.45, 7) is 4.43. The van der Waals surface area contributed by atoms with E-state index in [2.05, 4.69) is 28.7 Å². The van der Waals surface area contributed by atoms with E-state index in [0.29, 0.717) is 6.04 Å². The van der Waals surface area contributed by atoms with Gasteiger partial charge >= 0.3 is 0 Å². The quantitative estimate of drug-likeness (QED) is 0.737. The van der Waals surface area contributed by atoms with E-state index >= 15 is 0 Å². The van der Waals surface area contributed by atoms with Gasteiger partial charge in [0, 0.05) is 25.5 Å². The zero-order chi connectivity index (χ0) is 10.4. The van der Waals surface area contributed by atoms with E-state index in [4.69, 9.17) is 0 Å². The van der Waals surface area contributed by atoms with Gasteiger partial charge in [-0.2, -0.15) is 11.8 Å². The molecule has 80 valence electrons. The van der Waals surface area contributed by atoms with Gasteiger partial charge in [-0.3, -0.25) is 0 Å². The van der Waals surface area contributed by atoms with E-state index in [0.717, 1.165) is 5.95 Å². The predicted octanol–water partition coefficient (Wildman–Crippen LogP) is 2.63. The van der Waals surface area contributed by atoms with Crippen molar-refractivity contribution in [3.05, 3.63) is 12.4 Å². The van der Waals surface area contributed by atoms with Gasteiger partial charge < -0.3 is 9.88 Å². The van der Waals surface area contributed by atoms with Gasteiger partial charge in [0.2, 0.25) is 5.95 Å². The molecule has 1 aromatic rings. The summed E-state index contributed by atoms with van der Waals surface area (Å²) in [5, 5.41) is 3.09. The molecule has 4 heteroatoms. The van der Waals surface area contributed by atoms with Gasteiger partial charge in [-0.25, -0.2) is 4.98 Å². The fourth-order valence-corrected chi connectivity index (χ4v) is 2.20. The van der Waals surface area contributed by atoms with Crippen LogP contribution in [0, 0.1) is 0 Å². The van der Waals surface area contributed by atoms with Gasteiger partial charge in [-0.05, 0) is 24.9 Å². The zero-order valence-electron chi connectivity index (χ0n) is 9.16. The normalized spacial score (nSPS) is 12.8. The number of nitrogens with one attached hydrogen (secondary N) is 1. The van der Waals surface area contributed by atoms with Crippen molar-refractivity contribution < 1.29 is 0 Å². The van der Waals surface area contributed by atoms with Crippen LogP contribution in [0.1, 0.15) is 26.3 Å². The van der Waals surface area contributed by atoms with Gasteiger partial charge in [0.15, 0.2) is 0 Å². The molecular formula is C10H19N3S. The third kappa shape index (κ3) is 2.94. The molecule has 0 saturated heterocycles. The van der Waals surface area contributed by atoms with E-state index in [-0.39, 0.29) is 0 Å². The third-order valence-electron chi connectivity index (χ3n) is 2.25. The topological polar surface area (TPSA) is 29.9 Å². The van der Waals surface area contributed by atoms with Gasteiger partial charge in [-0.1, -0.05) is 6.92 Å². The number of rotatable bonds is 6. The Labute approximate surface area is 90.3 Å². The molecule has 14 heavy (non-hydrogen) atoms. The van der Waals surface area contributed by atoms with Crippen LogP contribution in [0.3, 0.4) is 0 Å². The van der Waals surface area contributed by atoms with Crippen molar-refractivity contribution in [3.63, 3.8) is 0 Å². The summed E-state index contributed by atoms with van der Waals surface area (Å²) in [4.78, 5) is 4.23. The molecule has 1 aromatic heterocycles. The Hall–Kier alpha value is -0.640. The second-order valence-corrected chi connectivity index (χ2v) is 4.64. The summed E-state index contributed by atoms with van der Waals surface area (Å²) >= 11 is 1.99. The minimum absolute atomic E-state index is 0.527. The number of anilines is 1. The molecule has 1 rings (SSSR count). The Morgan fingerprint density at radius 2 is 2.43 bits per heavy atom. The molecule has 0 spiro atoms. The highest BCUT2D eigenvalue weighted by molar-refractivity contribution is 7.99. The van der Waals surface area contributed by atoms with E-state index in [1.807, 2.05) is 31.2 Å². The van der Waals surface area contributed by atoms with Crippen LogP contribution in [0.25, 0.3) is 0 Å². The van der Waals surface area contributed by atoms with Gasteiger partial charge in [0.25, 0.3) is 0 Å². The van der Waals surface area contributed by atoms with Crippen LogP contribution in [0.2, 0.25) is 0 Å². The van der Waals surface area contributed by atoms with Crippen molar-refractivity contribution in [3.8, 4) is 0 Å². The molecule has 1 heterocycles. The predicted molar refractivity (Wildman–Crippen MR) is 64.1 cm³/mol. The Bertz CT molecular complexity index is 260. The van der Waals surface area contributed by atoms with Gasteiger partial charge in [0.1, 0.15) is 0 Å². The SMILES string of the molecule is CCSCCC(C)n1ccnc1NC. The molecule has 0 aliphatic rings. The first-order valence-corrected chi connectivity index (χ1v) is 6.23. The lowest BCUT2D eigenvalue weighted by Crippen LogP contribution is -2.09. The molecule has 0 bridgehead atoms. The van der Waals surface area contributed by atoms with Crippen molar-refractivity contribution in [2.45, 2.75) is 26.3 Å². The Morgan fingerprint density at radius 1 is 1.64 bits per heavy atom. The second-order valence-electron chi connectivity index (χ2n) is 3.24. The van der Waals surface area contributed by atoms with Crippen LogP contribution in [0.4, 0.5) is 5.95 Å². The van der Waals surface area contributed by atoms with Crippen molar-refractivity contribution >= 4 is 17.7 Å². The maximum Gasteiger partial charge on any atom is 0.202 e. The first-order chi connectivity index (χ1) is 6.79. The van der Waals surface area contributed by atoms with E-state index in [9.17, 15) is 0 Å². The van der Waals surface area contributed by atoms with Crippen molar-refractivity contribution in [1.82, 2.24) is 9.55 Å².